The van der Waals surface area contributed by atoms with Gasteiger partial charge in [0.15, 0.2) is 0 Å². The van der Waals surface area contributed by atoms with Gasteiger partial charge in [-0.05, 0) is 37.8 Å². The van der Waals surface area contributed by atoms with Crippen molar-refractivity contribution >= 4 is 18.3 Å². The molecule has 5 heteroatoms. The van der Waals surface area contributed by atoms with Gasteiger partial charge in [0.25, 0.3) is 0 Å². The zero-order valence-corrected chi connectivity index (χ0v) is 12.0. The number of rotatable bonds is 7. The number of nitrogens with zero attached hydrogens (tertiary/aromatic N) is 1. The van der Waals surface area contributed by atoms with Crippen LogP contribution in [0.1, 0.15) is 26.7 Å². The SMILES string of the molecule is CN(CC(=O)NCC1CC1)CC(C)(C)CN.Cl. The van der Waals surface area contributed by atoms with Crippen LogP contribution in [0.2, 0.25) is 0 Å². The van der Waals surface area contributed by atoms with Gasteiger partial charge in [-0.1, -0.05) is 13.8 Å². The molecule has 102 valence electrons. The molecular weight excluding hydrogens is 238 g/mol. The van der Waals surface area contributed by atoms with E-state index in [4.69, 9.17) is 5.73 Å². The molecule has 0 aromatic heterocycles. The lowest BCUT2D eigenvalue weighted by Crippen LogP contribution is -2.42. The van der Waals surface area contributed by atoms with E-state index >= 15 is 0 Å². The Labute approximate surface area is 111 Å². The zero-order chi connectivity index (χ0) is 12.2. The Balaban J connectivity index is 0.00000256. The molecule has 1 aliphatic rings. The van der Waals surface area contributed by atoms with Crippen LogP contribution in [0.4, 0.5) is 0 Å². The van der Waals surface area contributed by atoms with Crippen LogP contribution >= 0.6 is 12.4 Å². The van der Waals surface area contributed by atoms with Crippen molar-refractivity contribution < 1.29 is 4.79 Å². The standard InChI is InChI=1S/C12H25N3O.ClH/c1-12(2,8-13)9-15(3)7-11(16)14-6-10-4-5-10;/h10H,4-9,13H2,1-3H3,(H,14,16);1H. The highest BCUT2D eigenvalue weighted by atomic mass is 35.5. The van der Waals surface area contributed by atoms with Gasteiger partial charge < -0.3 is 11.1 Å². The van der Waals surface area contributed by atoms with E-state index in [-0.39, 0.29) is 23.7 Å². The van der Waals surface area contributed by atoms with Gasteiger partial charge in [0.1, 0.15) is 0 Å². The van der Waals surface area contributed by atoms with Gasteiger partial charge in [-0.3, -0.25) is 9.69 Å². The third kappa shape index (κ3) is 7.58. The van der Waals surface area contributed by atoms with Gasteiger partial charge in [0.2, 0.25) is 5.91 Å². The van der Waals surface area contributed by atoms with Crippen LogP contribution in [0, 0.1) is 11.3 Å². The number of amides is 1. The Bertz CT molecular complexity index is 242. The van der Waals surface area contributed by atoms with Crippen LogP contribution in [0.25, 0.3) is 0 Å². The number of hydrogen-bond donors (Lipinski definition) is 2. The summed E-state index contributed by atoms with van der Waals surface area (Å²) in [6.45, 7) is 7.04. The molecule has 0 unspecified atom stereocenters. The molecule has 0 aliphatic heterocycles. The molecule has 1 saturated carbocycles. The summed E-state index contributed by atoms with van der Waals surface area (Å²) >= 11 is 0. The number of nitrogens with two attached hydrogens (primary N) is 1. The second kappa shape index (κ2) is 7.19. The van der Waals surface area contributed by atoms with E-state index in [1.807, 2.05) is 11.9 Å². The monoisotopic (exact) mass is 263 g/mol. The first-order valence-electron chi connectivity index (χ1n) is 6.08. The van der Waals surface area contributed by atoms with Crippen molar-refractivity contribution in [3.63, 3.8) is 0 Å². The summed E-state index contributed by atoms with van der Waals surface area (Å²) in [5.41, 5.74) is 5.74. The van der Waals surface area contributed by atoms with E-state index in [0.29, 0.717) is 13.1 Å². The molecule has 0 aromatic carbocycles. The number of carbonyl (C=O) groups excluding carboxylic acids is 1. The van der Waals surface area contributed by atoms with Crippen LogP contribution in [0.5, 0.6) is 0 Å². The molecule has 1 amide bonds. The van der Waals surface area contributed by atoms with Gasteiger partial charge in [-0.15, -0.1) is 12.4 Å². The molecule has 3 N–H and O–H groups in total. The maximum absolute atomic E-state index is 11.6. The third-order valence-electron chi connectivity index (χ3n) is 2.95. The van der Waals surface area contributed by atoms with Crippen LogP contribution < -0.4 is 11.1 Å². The van der Waals surface area contributed by atoms with Crippen molar-refractivity contribution in [3.05, 3.63) is 0 Å². The zero-order valence-electron chi connectivity index (χ0n) is 11.2. The highest BCUT2D eigenvalue weighted by Gasteiger charge is 2.23. The Morgan fingerprint density at radius 3 is 2.53 bits per heavy atom. The minimum atomic E-state index is 0. The Kier molecular flexibility index (Phi) is 7.05. The van der Waals surface area contributed by atoms with Crippen molar-refractivity contribution in [2.75, 3.05) is 33.2 Å². The quantitative estimate of drug-likeness (QED) is 0.716. The lowest BCUT2D eigenvalue weighted by molar-refractivity contribution is -0.122. The van der Waals surface area contributed by atoms with E-state index in [1.54, 1.807) is 0 Å². The average molecular weight is 264 g/mol. The van der Waals surface area contributed by atoms with Crippen LogP contribution in [0.3, 0.4) is 0 Å². The Hall–Kier alpha value is -0.320. The van der Waals surface area contributed by atoms with Crippen LogP contribution in [0.15, 0.2) is 0 Å². The van der Waals surface area contributed by atoms with Crippen LogP contribution in [-0.4, -0.2) is 44.0 Å². The molecule has 0 aromatic rings. The van der Waals surface area contributed by atoms with Crippen molar-refractivity contribution in [2.24, 2.45) is 17.1 Å². The average Bonchev–Trinajstić information content (AvgIpc) is 2.97. The summed E-state index contributed by atoms with van der Waals surface area (Å²) < 4.78 is 0. The van der Waals surface area contributed by atoms with Gasteiger partial charge in [-0.2, -0.15) is 0 Å². The maximum atomic E-state index is 11.6. The fourth-order valence-electron chi connectivity index (χ4n) is 1.73. The summed E-state index contributed by atoms with van der Waals surface area (Å²) in [5.74, 6) is 0.872. The Morgan fingerprint density at radius 1 is 1.47 bits per heavy atom. The first kappa shape index (κ1) is 16.7. The molecule has 4 nitrogen and oxygen atoms in total. The molecule has 1 fully saturated rings. The highest BCUT2D eigenvalue weighted by Crippen LogP contribution is 2.27. The molecule has 1 aliphatic carbocycles. The minimum Gasteiger partial charge on any atom is -0.355 e. The molecule has 0 saturated heterocycles. The maximum Gasteiger partial charge on any atom is 0.234 e. The summed E-state index contributed by atoms with van der Waals surface area (Å²) in [5, 5.41) is 2.97. The second-order valence-electron chi connectivity index (χ2n) is 5.79. The molecule has 17 heavy (non-hydrogen) atoms. The van der Waals surface area contributed by atoms with E-state index < -0.39 is 0 Å². The van der Waals surface area contributed by atoms with Crippen molar-refractivity contribution in [2.45, 2.75) is 26.7 Å². The van der Waals surface area contributed by atoms with Gasteiger partial charge >= 0.3 is 0 Å². The lowest BCUT2D eigenvalue weighted by Gasteiger charge is -2.28. The van der Waals surface area contributed by atoms with Crippen molar-refractivity contribution in [1.29, 1.82) is 0 Å². The molecule has 0 bridgehead atoms. The summed E-state index contributed by atoms with van der Waals surface area (Å²) in [4.78, 5) is 13.6. The summed E-state index contributed by atoms with van der Waals surface area (Å²) in [6.07, 6.45) is 2.55. The molecule has 0 radical (unpaired) electrons. The predicted molar refractivity (Wildman–Crippen MR) is 73.3 cm³/mol. The third-order valence-corrected chi connectivity index (χ3v) is 2.95. The second-order valence-corrected chi connectivity index (χ2v) is 5.79. The molecule has 0 atom stereocenters. The number of hydrogen-bond acceptors (Lipinski definition) is 3. The first-order valence-corrected chi connectivity index (χ1v) is 6.08. The topological polar surface area (TPSA) is 58.4 Å². The Morgan fingerprint density at radius 2 is 2.06 bits per heavy atom. The predicted octanol–water partition coefficient (Wildman–Crippen LogP) is 0.851. The summed E-state index contributed by atoms with van der Waals surface area (Å²) in [7, 11) is 1.97. The minimum absolute atomic E-state index is 0. The van der Waals surface area contributed by atoms with Gasteiger partial charge in [0, 0.05) is 13.1 Å². The number of halogens is 1. The van der Waals surface area contributed by atoms with Crippen LogP contribution in [-0.2, 0) is 4.79 Å². The van der Waals surface area contributed by atoms with Gasteiger partial charge in [-0.25, -0.2) is 0 Å². The smallest absolute Gasteiger partial charge is 0.234 e. The number of nitrogens with one attached hydrogen (secondary N) is 1. The molecule has 1 rings (SSSR count). The highest BCUT2D eigenvalue weighted by molar-refractivity contribution is 5.85. The van der Waals surface area contributed by atoms with E-state index in [0.717, 1.165) is 19.0 Å². The van der Waals surface area contributed by atoms with Gasteiger partial charge in [0.05, 0.1) is 6.54 Å². The van der Waals surface area contributed by atoms with E-state index in [1.165, 1.54) is 12.8 Å². The van der Waals surface area contributed by atoms with E-state index in [9.17, 15) is 4.79 Å². The van der Waals surface area contributed by atoms with E-state index in [2.05, 4.69) is 19.2 Å². The van der Waals surface area contributed by atoms with Crippen molar-refractivity contribution in [1.82, 2.24) is 10.2 Å². The molecule has 0 heterocycles. The lowest BCUT2D eigenvalue weighted by atomic mass is 9.93. The largest absolute Gasteiger partial charge is 0.355 e. The first-order chi connectivity index (χ1) is 7.43. The normalized spacial score (nSPS) is 15.6. The number of likely N-dealkylation sites (N-methyl/N-ethyl adjacent to an activating group) is 1. The van der Waals surface area contributed by atoms with Crippen molar-refractivity contribution in [3.8, 4) is 0 Å². The summed E-state index contributed by atoms with van der Waals surface area (Å²) in [6, 6.07) is 0. The molecular formula is C12H26ClN3O. The fourth-order valence-corrected chi connectivity index (χ4v) is 1.73. The molecule has 0 spiro atoms. The fraction of sp³-hybridized carbons (Fsp3) is 0.917. The number of carbonyl (C=O) groups is 1.